The molecule has 2 nitrogen and oxygen atoms in total. The second-order valence-corrected chi connectivity index (χ2v) is 4.44. The van der Waals surface area contributed by atoms with Crippen LogP contribution in [0.25, 0.3) is 22.0 Å². The zero-order chi connectivity index (χ0) is 12.5. The molecule has 18 heavy (non-hydrogen) atoms. The summed E-state index contributed by atoms with van der Waals surface area (Å²) in [6, 6.07) is 16.3. The Morgan fingerprint density at radius 2 is 1.72 bits per heavy atom. The average molecular weight is 234 g/mol. The van der Waals surface area contributed by atoms with Crippen LogP contribution in [-0.4, -0.2) is 4.98 Å². The number of rotatable bonds is 1. The molecule has 0 aliphatic heterocycles. The van der Waals surface area contributed by atoms with Crippen molar-refractivity contribution in [2.24, 2.45) is 0 Å². The van der Waals surface area contributed by atoms with E-state index in [0.29, 0.717) is 0 Å². The number of hydrogen-bond acceptors (Lipinski definition) is 2. The molecule has 0 aliphatic rings. The average Bonchev–Trinajstić information content (AvgIpc) is 2.41. The second kappa shape index (κ2) is 4.15. The van der Waals surface area contributed by atoms with Crippen LogP contribution in [0.2, 0.25) is 0 Å². The molecule has 2 heteroatoms. The highest BCUT2D eigenvalue weighted by molar-refractivity contribution is 5.88. The van der Waals surface area contributed by atoms with Crippen molar-refractivity contribution in [3.63, 3.8) is 0 Å². The molecule has 0 unspecified atom stereocenters. The topological polar surface area (TPSA) is 38.9 Å². The first-order valence-electron chi connectivity index (χ1n) is 5.96. The van der Waals surface area contributed by atoms with E-state index in [0.717, 1.165) is 11.2 Å². The lowest BCUT2D eigenvalue weighted by Crippen LogP contribution is -1.89. The SMILES string of the molecule is Cc1c(-c2ccc(N)cc2)ccc2cccnc12. The molecule has 2 aromatic carbocycles. The summed E-state index contributed by atoms with van der Waals surface area (Å²) in [7, 11) is 0. The first-order chi connectivity index (χ1) is 8.75. The quantitative estimate of drug-likeness (QED) is 0.650. The van der Waals surface area contributed by atoms with E-state index in [4.69, 9.17) is 5.73 Å². The molecule has 1 aromatic heterocycles. The molecule has 0 amide bonds. The van der Waals surface area contributed by atoms with Gasteiger partial charge in [-0.15, -0.1) is 0 Å². The fourth-order valence-corrected chi connectivity index (χ4v) is 2.27. The lowest BCUT2D eigenvalue weighted by molar-refractivity contribution is 1.36. The summed E-state index contributed by atoms with van der Waals surface area (Å²) in [5.41, 5.74) is 11.2. The largest absolute Gasteiger partial charge is 0.399 e. The van der Waals surface area contributed by atoms with Crippen molar-refractivity contribution in [1.82, 2.24) is 4.98 Å². The Labute approximate surface area is 106 Å². The minimum Gasteiger partial charge on any atom is -0.399 e. The van der Waals surface area contributed by atoms with Crippen LogP contribution in [-0.2, 0) is 0 Å². The van der Waals surface area contributed by atoms with Crippen molar-refractivity contribution < 1.29 is 0 Å². The van der Waals surface area contributed by atoms with Gasteiger partial charge in [0, 0.05) is 17.3 Å². The number of pyridine rings is 1. The molecule has 0 spiro atoms. The van der Waals surface area contributed by atoms with Crippen LogP contribution in [0.15, 0.2) is 54.7 Å². The van der Waals surface area contributed by atoms with Crippen LogP contribution < -0.4 is 5.73 Å². The standard InChI is InChI=1S/C16H14N2/c1-11-15(12-4-7-14(17)8-5-12)9-6-13-3-2-10-18-16(11)13/h2-10H,17H2,1H3. The molecule has 3 aromatic rings. The summed E-state index contributed by atoms with van der Waals surface area (Å²) in [6.07, 6.45) is 1.84. The highest BCUT2D eigenvalue weighted by atomic mass is 14.6. The molecule has 0 bridgehead atoms. The van der Waals surface area contributed by atoms with Crippen molar-refractivity contribution in [2.75, 3.05) is 5.73 Å². The van der Waals surface area contributed by atoms with Crippen LogP contribution >= 0.6 is 0 Å². The van der Waals surface area contributed by atoms with E-state index in [1.807, 2.05) is 36.5 Å². The van der Waals surface area contributed by atoms with Gasteiger partial charge in [-0.1, -0.05) is 30.3 Å². The van der Waals surface area contributed by atoms with E-state index < -0.39 is 0 Å². The first-order valence-corrected chi connectivity index (χ1v) is 5.96. The van der Waals surface area contributed by atoms with E-state index in [-0.39, 0.29) is 0 Å². The highest BCUT2D eigenvalue weighted by Gasteiger charge is 2.06. The van der Waals surface area contributed by atoms with E-state index in [2.05, 4.69) is 30.1 Å². The smallest absolute Gasteiger partial charge is 0.0737 e. The number of anilines is 1. The zero-order valence-electron chi connectivity index (χ0n) is 10.2. The number of aryl methyl sites for hydroxylation is 1. The van der Waals surface area contributed by atoms with E-state index in [1.165, 1.54) is 22.1 Å². The van der Waals surface area contributed by atoms with Crippen LogP contribution in [0.4, 0.5) is 5.69 Å². The Balaban J connectivity index is 2.24. The molecular formula is C16H14N2. The summed E-state index contributed by atoms with van der Waals surface area (Å²) in [4.78, 5) is 4.46. The number of hydrogen-bond donors (Lipinski definition) is 1. The van der Waals surface area contributed by atoms with Gasteiger partial charge in [0.1, 0.15) is 0 Å². The molecule has 0 saturated carbocycles. The summed E-state index contributed by atoms with van der Waals surface area (Å²) < 4.78 is 0. The van der Waals surface area contributed by atoms with Crippen LogP contribution in [0.3, 0.4) is 0 Å². The van der Waals surface area contributed by atoms with E-state index in [1.54, 1.807) is 0 Å². The molecule has 0 atom stereocenters. The Morgan fingerprint density at radius 1 is 0.944 bits per heavy atom. The number of nitrogen functional groups attached to an aromatic ring is 1. The van der Waals surface area contributed by atoms with Gasteiger partial charge in [0.25, 0.3) is 0 Å². The molecule has 1 heterocycles. The molecule has 0 fully saturated rings. The van der Waals surface area contributed by atoms with Gasteiger partial charge < -0.3 is 5.73 Å². The van der Waals surface area contributed by atoms with Gasteiger partial charge in [-0.3, -0.25) is 4.98 Å². The molecule has 2 N–H and O–H groups in total. The first kappa shape index (κ1) is 10.8. The van der Waals surface area contributed by atoms with Gasteiger partial charge >= 0.3 is 0 Å². The van der Waals surface area contributed by atoms with Crippen molar-refractivity contribution in [1.29, 1.82) is 0 Å². The predicted octanol–water partition coefficient (Wildman–Crippen LogP) is 3.79. The van der Waals surface area contributed by atoms with Crippen LogP contribution in [0.1, 0.15) is 5.56 Å². The molecule has 3 rings (SSSR count). The van der Waals surface area contributed by atoms with Crippen molar-refractivity contribution in [3.8, 4) is 11.1 Å². The van der Waals surface area contributed by atoms with Gasteiger partial charge in [0.2, 0.25) is 0 Å². The van der Waals surface area contributed by atoms with Gasteiger partial charge in [-0.25, -0.2) is 0 Å². The van der Waals surface area contributed by atoms with E-state index in [9.17, 15) is 0 Å². The summed E-state index contributed by atoms with van der Waals surface area (Å²) in [6.45, 7) is 2.11. The Hall–Kier alpha value is -2.35. The maximum absolute atomic E-state index is 5.72. The summed E-state index contributed by atoms with van der Waals surface area (Å²) in [5.74, 6) is 0. The van der Waals surface area contributed by atoms with Gasteiger partial charge in [0.05, 0.1) is 5.52 Å². The number of nitrogens with zero attached hydrogens (tertiary/aromatic N) is 1. The minimum atomic E-state index is 0.787. The number of nitrogens with two attached hydrogens (primary N) is 1. The zero-order valence-corrected chi connectivity index (χ0v) is 10.2. The minimum absolute atomic E-state index is 0.787. The lowest BCUT2D eigenvalue weighted by atomic mass is 9.98. The second-order valence-electron chi connectivity index (χ2n) is 4.44. The maximum atomic E-state index is 5.72. The third-order valence-electron chi connectivity index (χ3n) is 3.25. The normalized spacial score (nSPS) is 10.7. The number of aromatic nitrogens is 1. The van der Waals surface area contributed by atoms with Crippen molar-refractivity contribution in [3.05, 3.63) is 60.3 Å². The van der Waals surface area contributed by atoms with Gasteiger partial charge in [-0.05, 0) is 41.8 Å². The highest BCUT2D eigenvalue weighted by Crippen LogP contribution is 2.28. The summed E-state index contributed by atoms with van der Waals surface area (Å²) in [5, 5.41) is 1.18. The Morgan fingerprint density at radius 3 is 2.50 bits per heavy atom. The summed E-state index contributed by atoms with van der Waals surface area (Å²) >= 11 is 0. The predicted molar refractivity (Wildman–Crippen MR) is 76.3 cm³/mol. The van der Waals surface area contributed by atoms with Gasteiger partial charge in [0.15, 0.2) is 0 Å². The number of fused-ring (bicyclic) bond motifs is 1. The molecule has 0 aliphatic carbocycles. The van der Waals surface area contributed by atoms with Crippen LogP contribution in [0, 0.1) is 6.92 Å². The molecular weight excluding hydrogens is 220 g/mol. The Bertz CT molecular complexity index is 700. The number of benzene rings is 2. The molecule has 0 saturated heterocycles. The van der Waals surface area contributed by atoms with Gasteiger partial charge in [-0.2, -0.15) is 0 Å². The fraction of sp³-hybridized carbons (Fsp3) is 0.0625. The monoisotopic (exact) mass is 234 g/mol. The lowest BCUT2D eigenvalue weighted by Gasteiger charge is -2.09. The third-order valence-corrected chi connectivity index (χ3v) is 3.25. The van der Waals surface area contributed by atoms with E-state index >= 15 is 0 Å². The maximum Gasteiger partial charge on any atom is 0.0737 e. The van der Waals surface area contributed by atoms with Crippen LogP contribution in [0.5, 0.6) is 0 Å². The third kappa shape index (κ3) is 1.72. The Kier molecular flexibility index (Phi) is 2.49. The molecule has 0 radical (unpaired) electrons. The van der Waals surface area contributed by atoms with Crippen molar-refractivity contribution in [2.45, 2.75) is 6.92 Å². The molecule has 88 valence electrons. The fourth-order valence-electron chi connectivity index (χ4n) is 2.27. The van der Waals surface area contributed by atoms with Crippen molar-refractivity contribution >= 4 is 16.6 Å².